The molecule has 1 saturated heterocycles. The first-order valence-electron chi connectivity index (χ1n) is 5.41. The van der Waals surface area contributed by atoms with Crippen LogP contribution < -0.4 is 4.74 Å². The fourth-order valence-corrected chi connectivity index (χ4v) is 2.04. The lowest BCUT2D eigenvalue weighted by molar-refractivity contribution is 0.174. The van der Waals surface area contributed by atoms with Crippen LogP contribution in [0.1, 0.15) is 12.0 Å². The zero-order valence-electron chi connectivity index (χ0n) is 9.32. The number of hydrogen-bond acceptors (Lipinski definition) is 3. The number of rotatable bonds is 3. The minimum Gasteiger partial charge on any atom is -0.497 e. The second kappa shape index (κ2) is 4.80. The summed E-state index contributed by atoms with van der Waals surface area (Å²) in [6.07, 6.45) is 0.558. The van der Waals surface area contributed by atoms with E-state index in [0.29, 0.717) is 18.8 Å². The van der Waals surface area contributed by atoms with Gasteiger partial charge in [0.15, 0.2) is 0 Å². The second-order valence-corrected chi connectivity index (χ2v) is 4.18. The van der Waals surface area contributed by atoms with Crippen LogP contribution in [0, 0.1) is 5.82 Å². The van der Waals surface area contributed by atoms with Gasteiger partial charge in [-0.2, -0.15) is 0 Å². The minimum atomic E-state index is -0.283. The van der Waals surface area contributed by atoms with Gasteiger partial charge >= 0.3 is 0 Å². The monoisotopic (exact) mass is 225 g/mol. The fraction of sp³-hybridized carbons (Fsp3) is 0.500. The second-order valence-electron chi connectivity index (χ2n) is 4.18. The fourth-order valence-electron chi connectivity index (χ4n) is 2.04. The molecule has 1 aliphatic heterocycles. The summed E-state index contributed by atoms with van der Waals surface area (Å²) in [4.78, 5) is 2.11. The zero-order chi connectivity index (χ0) is 11.5. The summed E-state index contributed by atoms with van der Waals surface area (Å²) in [5.74, 6) is 0.254. The summed E-state index contributed by atoms with van der Waals surface area (Å²) in [6.45, 7) is 2.18. The maximum Gasteiger partial charge on any atom is 0.127 e. The van der Waals surface area contributed by atoms with Crippen LogP contribution in [0.3, 0.4) is 0 Å². The normalized spacial score (nSPS) is 21.3. The largest absolute Gasteiger partial charge is 0.497 e. The Morgan fingerprint density at radius 3 is 2.94 bits per heavy atom. The number of benzene rings is 1. The zero-order valence-corrected chi connectivity index (χ0v) is 9.32. The van der Waals surface area contributed by atoms with Crippen molar-refractivity contribution in [3.8, 4) is 5.75 Å². The molecule has 0 spiro atoms. The highest BCUT2D eigenvalue weighted by Crippen LogP contribution is 2.19. The molecule has 88 valence electrons. The Balaban J connectivity index is 2.06. The van der Waals surface area contributed by atoms with Crippen molar-refractivity contribution in [3.05, 3.63) is 29.6 Å². The quantitative estimate of drug-likeness (QED) is 0.844. The van der Waals surface area contributed by atoms with Crippen molar-refractivity contribution < 1.29 is 14.2 Å². The third-order valence-corrected chi connectivity index (χ3v) is 2.82. The Bertz CT molecular complexity index is 370. The van der Waals surface area contributed by atoms with Crippen LogP contribution in [-0.2, 0) is 6.54 Å². The Morgan fingerprint density at radius 1 is 1.50 bits per heavy atom. The molecule has 4 heteroatoms. The van der Waals surface area contributed by atoms with Gasteiger partial charge in [-0.25, -0.2) is 4.39 Å². The molecule has 0 saturated carbocycles. The molecule has 0 aromatic heterocycles. The Kier molecular flexibility index (Phi) is 3.41. The lowest BCUT2D eigenvalue weighted by atomic mass is 10.2. The Morgan fingerprint density at radius 2 is 2.31 bits per heavy atom. The van der Waals surface area contributed by atoms with Gasteiger partial charge in [-0.3, -0.25) is 4.90 Å². The summed E-state index contributed by atoms with van der Waals surface area (Å²) >= 11 is 0. The van der Waals surface area contributed by atoms with E-state index in [9.17, 15) is 9.50 Å². The SMILES string of the molecule is COc1cc(F)cc(CN2CC[C@@H](O)C2)c1. The van der Waals surface area contributed by atoms with Crippen molar-refractivity contribution in [2.24, 2.45) is 0 Å². The summed E-state index contributed by atoms with van der Waals surface area (Å²) in [7, 11) is 1.53. The molecule has 1 N–H and O–H groups in total. The van der Waals surface area contributed by atoms with E-state index in [0.717, 1.165) is 18.5 Å². The van der Waals surface area contributed by atoms with Crippen LogP contribution in [0.25, 0.3) is 0 Å². The average Bonchev–Trinajstić information content (AvgIpc) is 2.63. The van der Waals surface area contributed by atoms with E-state index in [1.807, 2.05) is 6.07 Å². The van der Waals surface area contributed by atoms with Crippen LogP contribution in [0.5, 0.6) is 5.75 Å². The molecular weight excluding hydrogens is 209 g/mol. The third-order valence-electron chi connectivity index (χ3n) is 2.82. The summed E-state index contributed by atoms with van der Waals surface area (Å²) in [5, 5.41) is 9.39. The van der Waals surface area contributed by atoms with Gasteiger partial charge in [0.2, 0.25) is 0 Å². The number of ether oxygens (including phenoxy) is 1. The molecule has 16 heavy (non-hydrogen) atoms. The van der Waals surface area contributed by atoms with E-state index in [4.69, 9.17) is 4.74 Å². The van der Waals surface area contributed by atoms with Gasteiger partial charge in [-0.1, -0.05) is 0 Å². The van der Waals surface area contributed by atoms with E-state index < -0.39 is 0 Å². The third kappa shape index (κ3) is 2.71. The van der Waals surface area contributed by atoms with Crippen LogP contribution in [0.2, 0.25) is 0 Å². The topological polar surface area (TPSA) is 32.7 Å². The molecule has 2 rings (SSSR count). The molecule has 1 fully saturated rings. The highest BCUT2D eigenvalue weighted by Gasteiger charge is 2.20. The first-order chi connectivity index (χ1) is 7.67. The average molecular weight is 225 g/mol. The van der Waals surface area contributed by atoms with E-state index in [1.165, 1.54) is 19.2 Å². The van der Waals surface area contributed by atoms with Crippen molar-refractivity contribution in [1.82, 2.24) is 4.90 Å². The van der Waals surface area contributed by atoms with Crippen molar-refractivity contribution in [1.29, 1.82) is 0 Å². The van der Waals surface area contributed by atoms with Crippen molar-refractivity contribution in [2.45, 2.75) is 19.1 Å². The van der Waals surface area contributed by atoms with E-state index in [-0.39, 0.29) is 11.9 Å². The molecule has 3 nitrogen and oxygen atoms in total. The Hall–Kier alpha value is -1.13. The molecule has 1 aromatic rings. The highest BCUT2D eigenvalue weighted by molar-refractivity contribution is 5.29. The van der Waals surface area contributed by atoms with Gasteiger partial charge in [0.05, 0.1) is 13.2 Å². The number of methoxy groups -OCH3 is 1. The molecule has 1 aliphatic rings. The number of halogens is 1. The number of aliphatic hydroxyl groups is 1. The number of aliphatic hydroxyl groups excluding tert-OH is 1. The van der Waals surface area contributed by atoms with Gasteiger partial charge in [0.1, 0.15) is 11.6 Å². The molecule has 0 bridgehead atoms. The molecule has 0 unspecified atom stereocenters. The van der Waals surface area contributed by atoms with Gasteiger partial charge in [0, 0.05) is 25.7 Å². The first-order valence-corrected chi connectivity index (χ1v) is 5.41. The number of hydrogen-bond donors (Lipinski definition) is 1. The number of likely N-dealkylation sites (tertiary alicyclic amines) is 1. The molecule has 0 amide bonds. The van der Waals surface area contributed by atoms with Crippen LogP contribution in [0.15, 0.2) is 18.2 Å². The first kappa shape index (κ1) is 11.4. The van der Waals surface area contributed by atoms with Crippen molar-refractivity contribution in [2.75, 3.05) is 20.2 Å². The van der Waals surface area contributed by atoms with Crippen LogP contribution >= 0.6 is 0 Å². The van der Waals surface area contributed by atoms with Gasteiger partial charge < -0.3 is 9.84 Å². The molecule has 0 radical (unpaired) electrons. The van der Waals surface area contributed by atoms with Crippen molar-refractivity contribution in [3.63, 3.8) is 0 Å². The Labute approximate surface area is 94.4 Å². The van der Waals surface area contributed by atoms with Gasteiger partial charge in [0.25, 0.3) is 0 Å². The maximum absolute atomic E-state index is 13.2. The van der Waals surface area contributed by atoms with Gasteiger partial charge in [-0.05, 0) is 24.1 Å². The predicted octanol–water partition coefficient (Wildman–Crippen LogP) is 1.40. The highest BCUT2D eigenvalue weighted by atomic mass is 19.1. The van der Waals surface area contributed by atoms with Gasteiger partial charge in [-0.15, -0.1) is 0 Å². The lowest BCUT2D eigenvalue weighted by Gasteiger charge is -2.15. The number of nitrogens with zero attached hydrogens (tertiary/aromatic N) is 1. The predicted molar refractivity (Wildman–Crippen MR) is 58.9 cm³/mol. The lowest BCUT2D eigenvalue weighted by Crippen LogP contribution is -2.21. The minimum absolute atomic E-state index is 0.240. The number of β-amino-alcohol motifs (C(OH)–C–C–N with tert-alkyl or cyclic N) is 1. The maximum atomic E-state index is 13.2. The summed E-state index contributed by atoms with van der Waals surface area (Å²) < 4.78 is 18.2. The van der Waals surface area contributed by atoms with Crippen LogP contribution in [0.4, 0.5) is 4.39 Å². The smallest absolute Gasteiger partial charge is 0.127 e. The summed E-state index contributed by atoms with van der Waals surface area (Å²) in [5.41, 5.74) is 0.881. The summed E-state index contributed by atoms with van der Waals surface area (Å²) in [6, 6.07) is 4.70. The van der Waals surface area contributed by atoms with E-state index in [2.05, 4.69) is 4.90 Å². The molecule has 1 atom stereocenters. The molecule has 0 aliphatic carbocycles. The van der Waals surface area contributed by atoms with Crippen molar-refractivity contribution >= 4 is 0 Å². The van der Waals surface area contributed by atoms with E-state index in [1.54, 1.807) is 0 Å². The standard InChI is InChI=1S/C12H16FNO2/c1-16-12-5-9(4-10(13)6-12)7-14-3-2-11(15)8-14/h4-6,11,15H,2-3,7-8H2,1H3/t11-/m1/s1. The molecular formula is C12H16FNO2. The molecule has 1 aromatic carbocycles. The molecule has 1 heterocycles. The van der Waals surface area contributed by atoms with Crippen LogP contribution in [-0.4, -0.2) is 36.3 Å². The van der Waals surface area contributed by atoms with E-state index >= 15 is 0 Å².